The lowest BCUT2D eigenvalue weighted by molar-refractivity contribution is -0.851. The van der Waals surface area contributed by atoms with E-state index in [0.717, 1.165) is 12.1 Å². The van der Waals surface area contributed by atoms with Crippen molar-refractivity contribution >= 4 is 5.76 Å². The number of rotatable bonds is 3. The number of aliphatic hydroxyl groups excluding tert-OH is 1. The Morgan fingerprint density at radius 2 is 2.07 bits per heavy atom. The van der Waals surface area contributed by atoms with Crippen LogP contribution in [-0.4, -0.2) is 30.9 Å². The molecule has 0 fully saturated rings. The molecule has 0 unspecified atom stereocenters. The van der Waals surface area contributed by atoms with Crippen molar-refractivity contribution < 1.29 is 15.1 Å². The largest absolute Gasteiger partial charge is 0.507 e. The molecule has 1 rings (SSSR count). The molecular formula is C12H18NO2+. The van der Waals surface area contributed by atoms with Crippen LogP contribution >= 0.6 is 0 Å². The Morgan fingerprint density at radius 3 is 2.67 bits per heavy atom. The molecule has 0 saturated heterocycles. The van der Waals surface area contributed by atoms with Gasteiger partial charge in [-0.25, -0.2) is 0 Å². The molecule has 15 heavy (non-hydrogen) atoms. The molecule has 3 N–H and O–H groups in total. The molecule has 0 spiro atoms. The van der Waals surface area contributed by atoms with Crippen LogP contribution in [0.2, 0.25) is 0 Å². The molecule has 0 aliphatic heterocycles. The molecule has 0 aliphatic rings. The van der Waals surface area contributed by atoms with E-state index < -0.39 is 0 Å². The van der Waals surface area contributed by atoms with Crippen LogP contribution in [0.4, 0.5) is 0 Å². The average Bonchev–Trinajstić information content (AvgIpc) is 2.18. The van der Waals surface area contributed by atoms with Gasteiger partial charge in [-0.3, -0.25) is 0 Å². The Balaban J connectivity index is 2.94. The van der Waals surface area contributed by atoms with Crippen molar-refractivity contribution in [3.05, 3.63) is 35.4 Å². The number of likely N-dealkylation sites (N-methyl/N-ethyl adjacent to an activating group) is 1. The number of aromatic hydroxyl groups is 1. The molecule has 0 amide bonds. The number of benzene rings is 1. The minimum Gasteiger partial charge on any atom is -0.507 e. The van der Waals surface area contributed by atoms with E-state index in [1.165, 1.54) is 4.90 Å². The number of hydrogen-bond donors (Lipinski definition) is 3. The Bertz CT molecular complexity index is 370. The molecule has 3 nitrogen and oxygen atoms in total. The van der Waals surface area contributed by atoms with E-state index in [0.29, 0.717) is 5.56 Å². The van der Waals surface area contributed by atoms with E-state index in [2.05, 4.69) is 0 Å². The molecule has 0 aliphatic carbocycles. The van der Waals surface area contributed by atoms with Gasteiger partial charge in [0.15, 0.2) is 0 Å². The minimum atomic E-state index is 0.114. The van der Waals surface area contributed by atoms with Crippen LogP contribution in [0.15, 0.2) is 24.3 Å². The third-order valence-corrected chi connectivity index (χ3v) is 2.13. The van der Waals surface area contributed by atoms with E-state index in [-0.39, 0.29) is 11.5 Å². The molecule has 0 aromatic heterocycles. The monoisotopic (exact) mass is 208 g/mol. The first kappa shape index (κ1) is 11.6. The van der Waals surface area contributed by atoms with Crippen LogP contribution in [0, 0.1) is 6.92 Å². The first-order chi connectivity index (χ1) is 7.00. The van der Waals surface area contributed by atoms with Crippen LogP contribution in [-0.2, 0) is 0 Å². The Morgan fingerprint density at radius 1 is 1.40 bits per heavy atom. The van der Waals surface area contributed by atoms with Crippen molar-refractivity contribution in [1.29, 1.82) is 0 Å². The van der Waals surface area contributed by atoms with Gasteiger partial charge < -0.3 is 15.1 Å². The van der Waals surface area contributed by atoms with E-state index in [9.17, 15) is 10.2 Å². The Hall–Kier alpha value is -1.48. The summed E-state index contributed by atoms with van der Waals surface area (Å²) in [5, 5.41) is 19.3. The van der Waals surface area contributed by atoms with Crippen LogP contribution in [0.5, 0.6) is 5.75 Å². The normalized spacial score (nSPS) is 12.1. The van der Waals surface area contributed by atoms with Crippen LogP contribution in [0.1, 0.15) is 11.1 Å². The predicted molar refractivity (Wildman–Crippen MR) is 61.1 cm³/mol. The number of phenols is 1. The number of aryl methyl sites for hydroxylation is 1. The quantitative estimate of drug-likeness (QED) is 0.642. The summed E-state index contributed by atoms with van der Waals surface area (Å²) in [6.45, 7) is 2.65. The predicted octanol–water partition coefficient (Wildman–Crippen LogP) is 0.744. The molecule has 0 heterocycles. The maximum absolute atomic E-state index is 9.76. The van der Waals surface area contributed by atoms with E-state index in [1.807, 2.05) is 27.1 Å². The second-order valence-corrected chi connectivity index (χ2v) is 4.02. The topological polar surface area (TPSA) is 44.9 Å². The van der Waals surface area contributed by atoms with Gasteiger partial charge in [-0.05, 0) is 19.1 Å². The smallest absolute Gasteiger partial charge is 0.128 e. The minimum absolute atomic E-state index is 0.114. The third-order valence-electron chi connectivity index (χ3n) is 2.13. The fraction of sp³-hybridized carbons (Fsp3) is 0.333. The third kappa shape index (κ3) is 3.29. The van der Waals surface area contributed by atoms with Crippen molar-refractivity contribution in [2.24, 2.45) is 0 Å². The van der Waals surface area contributed by atoms with E-state index >= 15 is 0 Å². The van der Waals surface area contributed by atoms with Crippen molar-refractivity contribution in [2.75, 3.05) is 20.6 Å². The number of hydrogen-bond acceptors (Lipinski definition) is 2. The number of phenolic OH excluding ortho intramolecular Hbond substituents is 1. The van der Waals surface area contributed by atoms with Gasteiger partial charge in [0.2, 0.25) is 0 Å². The highest BCUT2D eigenvalue weighted by molar-refractivity contribution is 5.64. The lowest BCUT2D eigenvalue weighted by Gasteiger charge is -2.06. The highest BCUT2D eigenvalue weighted by Crippen LogP contribution is 2.23. The summed E-state index contributed by atoms with van der Waals surface area (Å²) in [5.41, 5.74) is 1.51. The molecule has 1 aromatic carbocycles. The van der Waals surface area contributed by atoms with Crippen molar-refractivity contribution in [3.63, 3.8) is 0 Å². The van der Waals surface area contributed by atoms with Crippen LogP contribution in [0.3, 0.4) is 0 Å². The summed E-state index contributed by atoms with van der Waals surface area (Å²) in [6, 6.07) is 5.17. The summed E-state index contributed by atoms with van der Waals surface area (Å²) < 4.78 is 0. The standard InChI is InChI=1S/C12H17NO2/c1-9-4-5-11(14)10(8-9)12(15)6-7-13(2)3/h4-6,8,14-15H,7H2,1-3H3/p+1/b12-6-. The lowest BCUT2D eigenvalue weighted by atomic mass is 10.1. The van der Waals surface area contributed by atoms with E-state index in [1.54, 1.807) is 18.2 Å². The van der Waals surface area contributed by atoms with Gasteiger partial charge in [-0.1, -0.05) is 11.6 Å². The van der Waals surface area contributed by atoms with Gasteiger partial charge in [-0.2, -0.15) is 0 Å². The molecule has 0 bridgehead atoms. The maximum atomic E-state index is 9.76. The first-order valence-corrected chi connectivity index (χ1v) is 4.99. The van der Waals surface area contributed by atoms with Crippen molar-refractivity contribution in [1.82, 2.24) is 0 Å². The van der Waals surface area contributed by atoms with Gasteiger partial charge in [0, 0.05) is 6.08 Å². The van der Waals surface area contributed by atoms with Crippen molar-refractivity contribution in [3.8, 4) is 5.75 Å². The van der Waals surface area contributed by atoms with Crippen LogP contribution < -0.4 is 4.90 Å². The van der Waals surface area contributed by atoms with Crippen molar-refractivity contribution in [2.45, 2.75) is 6.92 Å². The zero-order valence-electron chi connectivity index (χ0n) is 9.41. The Labute approximate surface area is 90.3 Å². The van der Waals surface area contributed by atoms with Gasteiger partial charge in [0.05, 0.1) is 26.2 Å². The molecule has 3 heteroatoms. The molecule has 0 saturated carbocycles. The summed E-state index contributed by atoms with van der Waals surface area (Å²) in [5.74, 6) is 0.250. The summed E-state index contributed by atoms with van der Waals surface area (Å²) in [4.78, 5) is 1.22. The van der Waals surface area contributed by atoms with Gasteiger partial charge >= 0.3 is 0 Å². The fourth-order valence-corrected chi connectivity index (χ4v) is 1.27. The molecular weight excluding hydrogens is 190 g/mol. The SMILES string of the molecule is Cc1ccc(O)c(/C(O)=C/C[NH+](C)C)c1. The number of aliphatic hydroxyl groups is 1. The summed E-state index contributed by atoms with van der Waals surface area (Å²) in [7, 11) is 4.00. The van der Waals surface area contributed by atoms with Gasteiger partial charge in [0.1, 0.15) is 11.5 Å². The Kier molecular flexibility index (Phi) is 3.74. The summed E-state index contributed by atoms with van der Waals surface area (Å²) in [6.07, 6.45) is 1.71. The molecule has 82 valence electrons. The lowest BCUT2D eigenvalue weighted by Crippen LogP contribution is -3.05. The van der Waals surface area contributed by atoms with Gasteiger partial charge in [-0.15, -0.1) is 0 Å². The highest BCUT2D eigenvalue weighted by Gasteiger charge is 2.06. The zero-order valence-corrected chi connectivity index (χ0v) is 9.41. The molecule has 0 atom stereocenters. The average molecular weight is 208 g/mol. The molecule has 1 aromatic rings. The van der Waals surface area contributed by atoms with Crippen LogP contribution in [0.25, 0.3) is 5.76 Å². The molecule has 0 radical (unpaired) electrons. The number of nitrogens with one attached hydrogen (secondary N) is 1. The maximum Gasteiger partial charge on any atom is 0.128 e. The summed E-state index contributed by atoms with van der Waals surface area (Å²) >= 11 is 0. The number of quaternary nitrogens is 1. The second-order valence-electron chi connectivity index (χ2n) is 4.02. The first-order valence-electron chi connectivity index (χ1n) is 4.99. The highest BCUT2D eigenvalue weighted by atomic mass is 16.3. The second kappa shape index (κ2) is 4.84. The zero-order chi connectivity index (χ0) is 11.4. The van der Waals surface area contributed by atoms with E-state index in [4.69, 9.17) is 0 Å². The fourth-order valence-electron chi connectivity index (χ4n) is 1.27. The van der Waals surface area contributed by atoms with Gasteiger partial charge in [0.25, 0.3) is 0 Å².